The largest absolute Gasteiger partial charge is 0.395 e. The molecule has 0 aromatic rings. The topological polar surface area (TPSA) is 35.5 Å². The quantitative estimate of drug-likeness (QED) is 0.565. The zero-order valence-corrected chi connectivity index (χ0v) is 12.9. The van der Waals surface area contributed by atoms with Crippen molar-refractivity contribution in [3.8, 4) is 0 Å². The van der Waals surface area contributed by atoms with Crippen LogP contribution < -0.4 is 5.32 Å². The highest BCUT2D eigenvalue weighted by atomic mass is 16.3. The lowest BCUT2D eigenvalue weighted by molar-refractivity contribution is 0.171. The van der Waals surface area contributed by atoms with Crippen molar-refractivity contribution in [3.63, 3.8) is 0 Å². The van der Waals surface area contributed by atoms with E-state index in [1.54, 1.807) is 0 Å². The highest BCUT2D eigenvalue weighted by molar-refractivity contribution is 4.71. The molecule has 0 rings (SSSR count). The number of aliphatic hydroxyl groups is 1. The van der Waals surface area contributed by atoms with Crippen LogP contribution >= 0.6 is 0 Å². The molecule has 0 aliphatic rings. The fourth-order valence-electron chi connectivity index (χ4n) is 2.10. The second kappa shape index (κ2) is 11.9. The molecule has 0 aliphatic carbocycles. The van der Waals surface area contributed by atoms with Crippen LogP contribution in [0.15, 0.2) is 0 Å². The average molecular weight is 258 g/mol. The Morgan fingerprint density at radius 2 is 1.83 bits per heavy atom. The van der Waals surface area contributed by atoms with Crippen molar-refractivity contribution in [2.45, 2.75) is 71.9 Å². The van der Waals surface area contributed by atoms with E-state index in [1.165, 1.54) is 25.8 Å². The number of unbranched alkanes of at least 4 members (excludes halogenated alkanes) is 1. The average Bonchev–Trinajstić information content (AvgIpc) is 2.41. The lowest BCUT2D eigenvalue weighted by atomic mass is 10.1. The Bertz CT molecular complexity index is 176. The highest BCUT2D eigenvalue weighted by Crippen LogP contribution is 2.08. The van der Waals surface area contributed by atoms with E-state index in [0.717, 1.165) is 25.9 Å². The Kier molecular flexibility index (Phi) is 11.9. The summed E-state index contributed by atoms with van der Waals surface area (Å²) in [5, 5.41) is 12.8. The van der Waals surface area contributed by atoms with Gasteiger partial charge in [0.15, 0.2) is 0 Å². The maximum atomic E-state index is 9.36. The van der Waals surface area contributed by atoms with Crippen LogP contribution in [-0.2, 0) is 0 Å². The SMILES string of the molecule is CCCCN(CCC(CO)NCCC)C(C)CC. The standard InChI is InChI=1S/C15H34N2O/c1-5-8-11-17(14(4)7-3)12-9-15(13-18)16-10-6-2/h14-16,18H,5-13H2,1-4H3. The molecule has 0 aromatic carbocycles. The minimum absolute atomic E-state index is 0.252. The molecule has 0 aromatic heterocycles. The van der Waals surface area contributed by atoms with Gasteiger partial charge in [-0.1, -0.05) is 27.2 Å². The van der Waals surface area contributed by atoms with Gasteiger partial charge in [-0.3, -0.25) is 0 Å². The number of rotatable bonds is 12. The third kappa shape index (κ3) is 8.06. The number of hydrogen-bond donors (Lipinski definition) is 2. The zero-order valence-electron chi connectivity index (χ0n) is 12.9. The van der Waals surface area contributed by atoms with Gasteiger partial charge in [-0.2, -0.15) is 0 Å². The molecule has 2 N–H and O–H groups in total. The summed E-state index contributed by atoms with van der Waals surface area (Å²) in [6.45, 7) is 12.5. The van der Waals surface area contributed by atoms with Crippen LogP contribution in [0, 0.1) is 0 Å². The third-order valence-corrected chi connectivity index (χ3v) is 3.68. The van der Waals surface area contributed by atoms with Crippen LogP contribution in [0.2, 0.25) is 0 Å². The van der Waals surface area contributed by atoms with Crippen molar-refractivity contribution in [1.82, 2.24) is 10.2 Å². The van der Waals surface area contributed by atoms with Crippen molar-refractivity contribution in [2.75, 3.05) is 26.2 Å². The van der Waals surface area contributed by atoms with Crippen LogP contribution in [0.25, 0.3) is 0 Å². The summed E-state index contributed by atoms with van der Waals surface area (Å²) in [5.74, 6) is 0. The normalized spacial score (nSPS) is 15.0. The molecule has 0 bridgehead atoms. The fourth-order valence-corrected chi connectivity index (χ4v) is 2.10. The maximum Gasteiger partial charge on any atom is 0.0585 e. The lowest BCUT2D eigenvalue weighted by Gasteiger charge is -2.30. The van der Waals surface area contributed by atoms with Gasteiger partial charge in [0.2, 0.25) is 0 Å². The first-order valence-corrected chi connectivity index (χ1v) is 7.77. The van der Waals surface area contributed by atoms with Crippen LogP contribution in [0.1, 0.15) is 59.8 Å². The molecule has 0 amide bonds. The van der Waals surface area contributed by atoms with E-state index in [9.17, 15) is 5.11 Å². The van der Waals surface area contributed by atoms with Crippen molar-refractivity contribution < 1.29 is 5.11 Å². The van der Waals surface area contributed by atoms with Crippen molar-refractivity contribution in [2.24, 2.45) is 0 Å². The molecule has 0 saturated heterocycles. The van der Waals surface area contributed by atoms with Crippen LogP contribution in [0.5, 0.6) is 0 Å². The van der Waals surface area contributed by atoms with Gasteiger partial charge < -0.3 is 15.3 Å². The smallest absolute Gasteiger partial charge is 0.0585 e. The van der Waals surface area contributed by atoms with Gasteiger partial charge in [-0.05, 0) is 52.2 Å². The molecule has 0 radical (unpaired) electrons. The highest BCUT2D eigenvalue weighted by Gasteiger charge is 2.14. The molecular formula is C15H34N2O. The van der Waals surface area contributed by atoms with E-state index in [4.69, 9.17) is 0 Å². The van der Waals surface area contributed by atoms with Gasteiger partial charge in [-0.25, -0.2) is 0 Å². The summed E-state index contributed by atoms with van der Waals surface area (Å²) >= 11 is 0. The Morgan fingerprint density at radius 3 is 2.33 bits per heavy atom. The second-order valence-corrected chi connectivity index (χ2v) is 5.27. The molecule has 2 unspecified atom stereocenters. The Balaban J connectivity index is 4.04. The molecule has 2 atom stereocenters. The number of aliphatic hydroxyl groups excluding tert-OH is 1. The molecule has 110 valence electrons. The first-order valence-electron chi connectivity index (χ1n) is 7.77. The molecule has 0 heterocycles. The fraction of sp³-hybridized carbons (Fsp3) is 1.00. The molecular weight excluding hydrogens is 224 g/mol. The minimum Gasteiger partial charge on any atom is -0.395 e. The van der Waals surface area contributed by atoms with Crippen molar-refractivity contribution >= 4 is 0 Å². The summed E-state index contributed by atoms with van der Waals surface area (Å²) < 4.78 is 0. The lowest BCUT2D eigenvalue weighted by Crippen LogP contribution is -2.40. The first-order chi connectivity index (χ1) is 8.69. The summed E-state index contributed by atoms with van der Waals surface area (Å²) in [6.07, 6.45) is 5.91. The van der Waals surface area contributed by atoms with Crippen LogP contribution in [-0.4, -0.2) is 48.3 Å². The number of hydrogen-bond acceptors (Lipinski definition) is 3. The Labute approximate surface area is 114 Å². The molecule has 18 heavy (non-hydrogen) atoms. The van der Waals surface area contributed by atoms with Crippen LogP contribution in [0.4, 0.5) is 0 Å². The van der Waals surface area contributed by atoms with Gasteiger partial charge in [0.1, 0.15) is 0 Å². The third-order valence-electron chi connectivity index (χ3n) is 3.68. The number of nitrogens with one attached hydrogen (secondary N) is 1. The zero-order chi connectivity index (χ0) is 13.8. The van der Waals surface area contributed by atoms with E-state index in [2.05, 4.69) is 37.9 Å². The maximum absolute atomic E-state index is 9.36. The van der Waals surface area contributed by atoms with Gasteiger partial charge in [0.05, 0.1) is 6.61 Å². The minimum atomic E-state index is 0.252. The molecule has 3 heteroatoms. The van der Waals surface area contributed by atoms with Crippen LogP contribution in [0.3, 0.4) is 0 Å². The Hall–Kier alpha value is -0.120. The van der Waals surface area contributed by atoms with E-state index in [1.807, 2.05) is 0 Å². The molecule has 0 saturated carbocycles. The van der Waals surface area contributed by atoms with Gasteiger partial charge in [0.25, 0.3) is 0 Å². The summed E-state index contributed by atoms with van der Waals surface area (Å²) in [5.41, 5.74) is 0. The second-order valence-electron chi connectivity index (χ2n) is 5.27. The summed E-state index contributed by atoms with van der Waals surface area (Å²) in [6, 6.07) is 0.917. The predicted molar refractivity (Wildman–Crippen MR) is 80.0 cm³/mol. The van der Waals surface area contributed by atoms with Crippen molar-refractivity contribution in [3.05, 3.63) is 0 Å². The number of nitrogens with zero attached hydrogens (tertiary/aromatic N) is 1. The predicted octanol–water partition coefficient (Wildman–Crippen LogP) is 2.64. The Morgan fingerprint density at radius 1 is 1.11 bits per heavy atom. The molecule has 3 nitrogen and oxygen atoms in total. The van der Waals surface area contributed by atoms with Gasteiger partial charge in [-0.15, -0.1) is 0 Å². The van der Waals surface area contributed by atoms with Gasteiger partial charge in [0, 0.05) is 12.1 Å². The summed E-state index contributed by atoms with van der Waals surface area (Å²) in [7, 11) is 0. The van der Waals surface area contributed by atoms with E-state index >= 15 is 0 Å². The monoisotopic (exact) mass is 258 g/mol. The van der Waals surface area contributed by atoms with Crippen molar-refractivity contribution in [1.29, 1.82) is 0 Å². The van der Waals surface area contributed by atoms with E-state index in [0.29, 0.717) is 6.04 Å². The van der Waals surface area contributed by atoms with E-state index < -0.39 is 0 Å². The molecule has 0 aliphatic heterocycles. The first kappa shape index (κ1) is 17.9. The molecule has 0 fully saturated rings. The summed E-state index contributed by atoms with van der Waals surface area (Å²) in [4.78, 5) is 2.57. The van der Waals surface area contributed by atoms with E-state index in [-0.39, 0.29) is 12.6 Å². The van der Waals surface area contributed by atoms with Gasteiger partial charge >= 0.3 is 0 Å². The molecule has 0 spiro atoms.